The maximum atomic E-state index is 11.6. The monoisotopic (exact) mass is 254 g/mol. The molecule has 1 aromatic heterocycles. The van der Waals surface area contributed by atoms with Crippen LogP contribution in [0.3, 0.4) is 0 Å². The van der Waals surface area contributed by atoms with Gasteiger partial charge in [0.1, 0.15) is 6.61 Å². The van der Waals surface area contributed by atoms with Crippen molar-refractivity contribution in [3.05, 3.63) is 11.3 Å². The van der Waals surface area contributed by atoms with Crippen LogP contribution in [0.5, 0.6) is 0 Å². The second-order valence-electron chi connectivity index (χ2n) is 4.05. The normalized spacial score (nSPS) is 14.3. The van der Waals surface area contributed by atoms with E-state index in [1.54, 1.807) is 7.11 Å². The van der Waals surface area contributed by atoms with Crippen molar-refractivity contribution in [3.8, 4) is 0 Å². The lowest BCUT2D eigenvalue weighted by Gasteiger charge is -2.13. The molecule has 0 spiro atoms. The van der Waals surface area contributed by atoms with Crippen LogP contribution in [0.15, 0.2) is 0 Å². The highest BCUT2D eigenvalue weighted by Gasteiger charge is 2.17. The first-order valence-electron chi connectivity index (χ1n) is 5.94. The molecule has 0 aromatic carbocycles. The minimum absolute atomic E-state index is 0.0171. The van der Waals surface area contributed by atoms with Crippen LogP contribution in [0.1, 0.15) is 11.3 Å². The van der Waals surface area contributed by atoms with Crippen LogP contribution in [0, 0.1) is 0 Å². The number of carbonyl (C=O) groups excluding carboxylic acids is 1. The van der Waals surface area contributed by atoms with Crippen LogP contribution in [-0.4, -0.2) is 49.6 Å². The molecule has 1 amide bonds. The summed E-state index contributed by atoms with van der Waals surface area (Å²) < 4.78 is 9.96. The number of amides is 1. The Kier molecular flexibility index (Phi) is 4.68. The number of hydrogen-bond acceptors (Lipinski definition) is 5. The third-order valence-electron chi connectivity index (χ3n) is 2.73. The number of nitrogens with one attached hydrogen (secondary N) is 3. The molecule has 0 unspecified atom stereocenters. The summed E-state index contributed by atoms with van der Waals surface area (Å²) in [6.45, 7) is 2.58. The number of carbonyl (C=O) groups is 1. The van der Waals surface area contributed by atoms with Crippen molar-refractivity contribution in [1.82, 2.24) is 15.5 Å². The standard InChI is InChI=1S/C11H18N4O3/c1-17-4-5-18-7-10(16)13-11-8-2-3-12-6-9(8)14-15-11/h12H,2-7H2,1H3,(H2,13,14,15,16). The number of aromatic amines is 1. The van der Waals surface area contributed by atoms with Crippen molar-refractivity contribution in [3.63, 3.8) is 0 Å². The zero-order chi connectivity index (χ0) is 12.8. The van der Waals surface area contributed by atoms with Gasteiger partial charge < -0.3 is 20.1 Å². The highest BCUT2D eigenvalue weighted by atomic mass is 16.5. The number of H-pyrrole nitrogens is 1. The number of anilines is 1. The van der Waals surface area contributed by atoms with E-state index in [-0.39, 0.29) is 12.5 Å². The van der Waals surface area contributed by atoms with E-state index in [0.717, 1.165) is 30.8 Å². The summed E-state index contributed by atoms with van der Waals surface area (Å²) >= 11 is 0. The number of nitrogens with zero attached hydrogens (tertiary/aromatic N) is 1. The first-order chi connectivity index (χ1) is 8.81. The molecule has 100 valence electrons. The number of hydrogen-bond donors (Lipinski definition) is 3. The largest absolute Gasteiger partial charge is 0.382 e. The number of rotatable bonds is 6. The molecule has 0 fully saturated rings. The fourth-order valence-corrected chi connectivity index (χ4v) is 1.82. The van der Waals surface area contributed by atoms with Crippen molar-refractivity contribution in [2.75, 3.05) is 38.8 Å². The predicted molar refractivity (Wildman–Crippen MR) is 65.3 cm³/mol. The minimum Gasteiger partial charge on any atom is -0.382 e. The molecule has 1 aliphatic rings. The summed E-state index contributed by atoms with van der Waals surface area (Å²) in [4.78, 5) is 11.6. The van der Waals surface area contributed by atoms with Gasteiger partial charge in [0.25, 0.3) is 5.91 Å². The van der Waals surface area contributed by atoms with Gasteiger partial charge in [-0.05, 0) is 13.0 Å². The molecule has 0 saturated carbocycles. The quantitative estimate of drug-likeness (QED) is 0.604. The van der Waals surface area contributed by atoms with E-state index in [0.29, 0.717) is 19.0 Å². The summed E-state index contributed by atoms with van der Waals surface area (Å²) in [5, 5.41) is 13.0. The molecule has 0 bridgehead atoms. The molecule has 7 nitrogen and oxygen atoms in total. The van der Waals surface area contributed by atoms with Crippen LogP contribution < -0.4 is 10.6 Å². The van der Waals surface area contributed by atoms with Crippen LogP contribution in [0.4, 0.5) is 5.82 Å². The van der Waals surface area contributed by atoms with Crippen molar-refractivity contribution in [2.24, 2.45) is 0 Å². The van der Waals surface area contributed by atoms with E-state index in [9.17, 15) is 4.79 Å². The maximum Gasteiger partial charge on any atom is 0.251 e. The molecular weight excluding hydrogens is 236 g/mol. The highest BCUT2D eigenvalue weighted by molar-refractivity contribution is 5.91. The van der Waals surface area contributed by atoms with Crippen molar-refractivity contribution in [1.29, 1.82) is 0 Å². The lowest BCUT2D eigenvalue weighted by molar-refractivity contribution is -0.121. The summed E-state index contributed by atoms with van der Waals surface area (Å²) in [7, 11) is 1.59. The van der Waals surface area contributed by atoms with Gasteiger partial charge in [-0.1, -0.05) is 0 Å². The molecule has 1 aliphatic heterocycles. The molecule has 0 radical (unpaired) electrons. The molecule has 1 aromatic rings. The Morgan fingerprint density at radius 3 is 3.22 bits per heavy atom. The Balaban J connectivity index is 1.82. The fraction of sp³-hybridized carbons (Fsp3) is 0.636. The van der Waals surface area contributed by atoms with E-state index in [4.69, 9.17) is 9.47 Å². The molecule has 0 atom stereocenters. The second kappa shape index (κ2) is 6.48. The molecule has 7 heteroatoms. The van der Waals surface area contributed by atoms with E-state index in [1.807, 2.05) is 0 Å². The Morgan fingerprint density at radius 1 is 1.50 bits per heavy atom. The molecule has 0 aliphatic carbocycles. The lowest BCUT2D eigenvalue weighted by atomic mass is 10.1. The summed E-state index contributed by atoms with van der Waals surface area (Å²) in [5.41, 5.74) is 2.12. The molecule has 18 heavy (non-hydrogen) atoms. The molecule has 3 N–H and O–H groups in total. The van der Waals surface area contributed by atoms with Crippen LogP contribution in [0.25, 0.3) is 0 Å². The van der Waals surface area contributed by atoms with Gasteiger partial charge in [-0.2, -0.15) is 5.10 Å². The van der Waals surface area contributed by atoms with Gasteiger partial charge in [-0.15, -0.1) is 0 Å². The SMILES string of the molecule is COCCOCC(=O)Nc1n[nH]c2c1CCNC2. The van der Waals surface area contributed by atoms with E-state index >= 15 is 0 Å². The second-order valence-corrected chi connectivity index (χ2v) is 4.05. The first kappa shape index (κ1) is 13.0. The fourth-order valence-electron chi connectivity index (χ4n) is 1.82. The van der Waals surface area contributed by atoms with Crippen molar-refractivity contribution < 1.29 is 14.3 Å². The lowest BCUT2D eigenvalue weighted by Crippen LogP contribution is -2.25. The summed E-state index contributed by atoms with van der Waals surface area (Å²) in [6.07, 6.45) is 0.867. The third-order valence-corrected chi connectivity index (χ3v) is 2.73. The molecule has 0 saturated heterocycles. The van der Waals surface area contributed by atoms with Gasteiger partial charge in [-0.25, -0.2) is 0 Å². The summed E-state index contributed by atoms with van der Waals surface area (Å²) in [5.74, 6) is 0.422. The number of fused-ring (bicyclic) bond motifs is 1. The van der Waals surface area contributed by atoms with Crippen molar-refractivity contribution >= 4 is 11.7 Å². The van der Waals surface area contributed by atoms with E-state index in [1.165, 1.54) is 0 Å². The van der Waals surface area contributed by atoms with Gasteiger partial charge in [0.15, 0.2) is 5.82 Å². The average molecular weight is 254 g/mol. The zero-order valence-electron chi connectivity index (χ0n) is 10.4. The van der Waals surface area contributed by atoms with Gasteiger partial charge in [-0.3, -0.25) is 9.89 Å². The van der Waals surface area contributed by atoms with Crippen molar-refractivity contribution in [2.45, 2.75) is 13.0 Å². The number of methoxy groups -OCH3 is 1. The highest BCUT2D eigenvalue weighted by Crippen LogP contribution is 2.19. The Bertz CT molecular complexity index is 405. The Hall–Kier alpha value is -1.44. The van der Waals surface area contributed by atoms with E-state index < -0.39 is 0 Å². The summed E-state index contributed by atoms with van der Waals surface area (Å²) in [6, 6.07) is 0. The zero-order valence-corrected chi connectivity index (χ0v) is 10.4. The van der Waals surface area contributed by atoms with Crippen LogP contribution in [0.2, 0.25) is 0 Å². The van der Waals surface area contributed by atoms with Gasteiger partial charge in [0, 0.05) is 19.2 Å². The Morgan fingerprint density at radius 2 is 2.39 bits per heavy atom. The molecular formula is C11H18N4O3. The maximum absolute atomic E-state index is 11.6. The number of aromatic nitrogens is 2. The topological polar surface area (TPSA) is 88.3 Å². The van der Waals surface area contributed by atoms with E-state index in [2.05, 4.69) is 20.8 Å². The van der Waals surface area contributed by atoms with Crippen LogP contribution >= 0.6 is 0 Å². The smallest absolute Gasteiger partial charge is 0.251 e. The van der Waals surface area contributed by atoms with Crippen LogP contribution in [-0.2, 0) is 27.2 Å². The predicted octanol–water partition coefficient (Wildman–Crippen LogP) is -0.343. The third kappa shape index (κ3) is 3.28. The molecule has 2 rings (SSSR count). The minimum atomic E-state index is -0.195. The van der Waals surface area contributed by atoms with Gasteiger partial charge in [0.05, 0.1) is 18.9 Å². The Labute approximate surface area is 105 Å². The molecule has 2 heterocycles. The van der Waals surface area contributed by atoms with Gasteiger partial charge >= 0.3 is 0 Å². The first-order valence-corrected chi connectivity index (χ1v) is 5.94. The van der Waals surface area contributed by atoms with Gasteiger partial charge in [0.2, 0.25) is 0 Å². The number of ether oxygens (including phenoxy) is 2. The average Bonchev–Trinajstić information content (AvgIpc) is 2.78.